The molecule has 0 radical (unpaired) electrons. The van der Waals surface area contributed by atoms with E-state index in [1.165, 1.54) is 25.6 Å². The SMILES string of the molecule is CC[C@H]1OC(=O)[C@H](C)[C@@H](O[C@H]2C[C@@](C)(OC)[C@](C)(O)[C@H](C)O2)[C@H](C)[C@@H](O[C@H]2C[C@@H](N(C)CC/C([NH3+])=C/NCC(O)COc3ccc(-c4csnn4)cc3)C[C@@H](C)O2)[C@](C)([O-])C[C@@H](C)CN(C)[C@H](C)[C@@H](O)[C@]1(C)O. The van der Waals surface area contributed by atoms with Gasteiger partial charge in [-0.25, -0.2) is 0 Å². The lowest BCUT2D eigenvalue weighted by molar-refractivity contribution is -0.507. The van der Waals surface area contributed by atoms with E-state index in [1.807, 2.05) is 68.6 Å². The van der Waals surface area contributed by atoms with Crippen molar-refractivity contribution in [3.8, 4) is 17.0 Å². The lowest BCUT2D eigenvalue weighted by Crippen LogP contribution is -2.65. The molecule has 0 aliphatic carbocycles. The van der Waals surface area contributed by atoms with Crippen LogP contribution in [-0.2, 0) is 33.2 Å². The minimum absolute atomic E-state index is 0.0213. The zero-order chi connectivity index (χ0) is 54.2. The largest absolute Gasteiger partial charge is 0.848 e. The number of carbonyl (C=O) groups is 1. The number of nitrogens with one attached hydrogen (secondary N) is 1. The molecule has 416 valence electrons. The number of aliphatic hydroxyl groups excluding tert-OH is 2. The Morgan fingerprint density at radius 2 is 1.74 bits per heavy atom. The van der Waals surface area contributed by atoms with E-state index < -0.39 is 95.5 Å². The highest BCUT2D eigenvalue weighted by molar-refractivity contribution is 7.03. The molecule has 3 aliphatic rings. The maximum atomic E-state index is 15.5. The molecule has 5 rings (SSSR count). The van der Waals surface area contributed by atoms with E-state index in [0.29, 0.717) is 31.7 Å². The van der Waals surface area contributed by atoms with Gasteiger partial charge in [0.15, 0.2) is 12.6 Å². The Hall–Kier alpha value is -2.93. The number of hydrogen-bond donors (Lipinski definition) is 6. The van der Waals surface area contributed by atoms with Crippen molar-refractivity contribution in [1.29, 1.82) is 0 Å². The molecule has 1 unspecified atom stereocenters. The van der Waals surface area contributed by atoms with Crippen molar-refractivity contribution in [2.24, 2.45) is 17.8 Å². The first-order valence-electron chi connectivity index (χ1n) is 26.2. The molecule has 4 heterocycles. The number of aromatic nitrogens is 2. The summed E-state index contributed by atoms with van der Waals surface area (Å²) >= 11 is 1.29. The molecule has 1 aromatic heterocycles. The Morgan fingerprint density at radius 1 is 1.05 bits per heavy atom. The van der Waals surface area contributed by atoms with E-state index in [4.69, 9.17) is 33.2 Å². The number of rotatable bonds is 17. The topological polar surface area (TPSA) is 258 Å². The van der Waals surface area contributed by atoms with E-state index in [9.17, 15) is 25.2 Å². The van der Waals surface area contributed by atoms with E-state index in [2.05, 4.69) is 32.6 Å². The van der Waals surface area contributed by atoms with E-state index in [-0.39, 0.29) is 50.5 Å². The second kappa shape index (κ2) is 25.9. The van der Waals surface area contributed by atoms with Crippen LogP contribution in [0.3, 0.4) is 0 Å². The first kappa shape index (κ1) is 60.9. The van der Waals surface area contributed by atoms with Gasteiger partial charge in [0, 0.05) is 75.0 Å². The number of cyclic esters (lactones) is 1. The van der Waals surface area contributed by atoms with Gasteiger partial charge in [-0.1, -0.05) is 44.2 Å². The molecule has 73 heavy (non-hydrogen) atoms. The summed E-state index contributed by atoms with van der Waals surface area (Å²) in [5, 5.41) is 70.4. The molecule has 2 aromatic rings. The summed E-state index contributed by atoms with van der Waals surface area (Å²) in [7, 11) is 5.42. The van der Waals surface area contributed by atoms with Crippen LogP contribution < -0.4 is 20.9 Å². The van der Waals surface area contributed by atoms with Gasteiger partial charge in [0.25, 0.3) is 0 Å². The maximum absolute atomic E-state index is 15.5. The zero-order valence-corrected chi connectivity index (χ0v) is 46.8. The second-order valence-electron chi connectivity index (χ2n) is 22.3. The number of methoxy groups -OCH3 is 1. The van der Waals surface area contributed by atoms with Crippen LogP contribution in [0.2, 0.25) is 0 Å². The highest BCUT2D eigenvalue weighted by Crippen LogP contribution is 2.43. The van der Waals surface area contributed by atoms with E-state index in [0.717, 1.165) is 23.4 Å². The van der Waals surface area contributed by atoms with Gasteiger partial charge in [-0.3, -0.25) is 4.79 Å². The number of aliphatic hydroxyl groups is 4. The molecule has 3 fully saturated rings. The number of ether oxygens (including phenoxy) is 7. The Bertz CT molecular complexity index is 2030. The molecule has 8 N–H and O–H groups in total. The predicted octanol–water partition coefficient (Wildman–Crippen LogP) is 3.08. The van der Waals surface area contributed by atoms with Crippen molar-refractivity contribution in [1.82, 2.24) is 24.7 Å². The Labute approximate surface area is 438 Å². The molecule has 19 nitrogen and oxygen atoms in total. The average Bonchev–Trinajstić information content (AvgIpc) is 3.88. The van der Waals surface area contributed by atoms with Gasteiger partial charge in [0.2, 0.25) is 0 Å². The van der Waals surface area contributed by atoms with E-state index in [1.54, 1.807) is 48.5 Å². The fourth-order valence-electron chi connectivity index (χ4n) is 10.9. The molecule has 1 aromatic carbocycles. The summed E-state index contributed by atoms with van der Waals surface area (Å²) in [4.78, 5) is 18.7. The van der Waals surface area contributed by atoms with Gasteiger partial charge in [-0.05, 0) is 117 Å². The lowest BCUT2D eigenvalue weighted by atomic mass is 9.76. The third kappa shape index (κ3) is 15.4. The summed E-state index contributed by atoms with van der Waals surface area (Å²) in [5.41, 5.74) is 0.755. The standard InChI is InChI=1S/C53H89N6O13S/c1-15-43-52(10,64)47(61)35(6)59(13)28-31(2)24-50(8,63)48(33(4)46(34(5)49(62)70-43)71-45-25-51(9,66-14)53(11,65)36(7)69-45)72-44-23-39(22-32(3)68-44)58(12)21-20-38(54)26-55-27-40(60)29-67-41-18-16-37(17-19-41)42-30-73-57-56-42/h16-19,26,30-36,39-40,43-48,55,60-61,64-65H,15,20-25,27-29,54H2,1-14H3/q-1/p+1/b38-26-/t31-,32-,33+,34-,35-,36+,39+,40?,43-,44+,45+,46+,47-,48-,50-,51-,52-,53-/m1/s1. The van der Waals surface area contributed by atoms with Crippen molar-refractivity contribution < 1.29 is 69.2 Å². The number of hydrogen-bond acceptors (Lipinski definition) is 19. The van der Waals surface area contributed by atoms with Crippen molar-refractivity contribution in [2.75, 3.05) is 47.4 Å². The monoisotopic (exact) mass is 1050 g/mol. The number of quaternary nitrogens is 1. The highest BCUT2D eigenvalue weighted by Gasteiger charge is 2.56. The number of nitrogens with zero attached hydrogens (tertiary/aromatic N) is 4. The Balaban J connectivity index is 1.32. The second-order valence-corrected chi connectivity index (χ2v) is 22.9. The predicted molar refractivity (Wildman–Crippen MR) is 275 cm³/mol. The van der Waals surface area contributed by atoms with E-state index >= 15 is 5.11 Å². The number of benzene rings is 1. The fourth-order valence-corrected chi connectivity index (χ4v) is 11.4. The normalized spacial score (nSPS) is 39.3. The number of esters is 1. The minimum Gasteiger partial charge on any atom is -0.848 e. The Kier molecular flexibility index (Phi) is 21.7. The lowest BCUT2D eigenvalue weighted by Gasteiger charge is -2.54. The molecule has 3 saturated heterocycles. The van der Waals surface area contributed by atoms with Gasteiger partial charge in [-0.15, -0.1) is 5.10 Å². The molecule has 0 bridgehead atoms. The van der Waals surface area contributed by atoms with Crippen LogP contribution in [0.1, 0.15) is 115 Å². The van der Waals surface area contributed by atoms with Crippen molar-refractivity contribution in [3.63, 3.8) is 0 Å². The Morgan fingerprint density at radius 3 is 2.37 bits per heavy atom. The highest BCUT2D eigenvalue weighted by atomic mass is 32.1. The summed E-state index contributed by atoms with van der Waals surface area (Å²) in [6.45, 7) is 20.9. The molecule has 3 aliphatic heterocycles. The van der Waals surface area contributed by atoms with Crippen LogP contribution in [0.4, 0.5) is 0 Å². The molecule has 0 spiro atoms. The summed E-state index contributed by atoms with van der Waals surface area (Å²) in [6, 6.07) is 6.95. The molecule has 0 saturated carbocycles. The quantitative estimate of drug-likeness (QED) is 0.125. The van der Waals surface area contributed by atoms with Gasteiger partial charge < -0.3 is 79.5 Å². The molecule has 18 atom stereocenters. The first-order chi connectivity index (χ1) is 34.1. The third-order valence-electron chi connectivity index (χ3n) is 16.2. The maximum Gasteiger partial charge on any atom is 0.311 e. The summed E-state index contributed by atoms with van der Waals surface area (Å²) in [5.74, 6) is -2.05. The van der Waals surface area contributed by atoms with Crippen molar-refractivity contribution >= 4 is 17.5 Å². The van der Waals surface area contributed by atoms with Gasteiger partial charge in [-0.2, -0.15) is 0 Å². The number of likely N-dealkylation sites (N-methyl/N-ethyl adjacent to an activating group) is 1. The van der Waals surface area contributed by atoms with Crippen LogP contribution >= 0.6 is 11.5 Å². The smallest absolute Gasteiger partial charge is 0.311 e. The van der Waals surface area contributed by atoms with Crippen LogP contribution in [-0.4, -0.2) is 183 Å². The van der Waals surface area contributed by atoms with Gasteiger partial charge in [0.1, 0.15) is 58.9 Å². The average molecular weight is 1050 g/mol. The minimum atomic E-state index is -1.83. The van der Waals surface area contributed by atoms with Crippen molar-refractivity contribution in [3.05, 3.63) is 41.5 Å². The van der Waals surface area contributed by atoms with Crippen LogP contribution in [0.15, 0.2) is 41.5 Å². The zero-order valence-electron chi connectivity index (χ0n) is 46.0. The molecular weight excluding hydrogens is 961 g/mol. The van der Waals surface area contributed by atoms with Gasteiger partial charge in [0.05, 0.1) is 36.5 Å². The van der Waals surface area contributed by atoms with Crippen molar-refractivity contribution in [2.45, 2.75) is 204 Å². The van der Waals surface area contributed by atoms with Crippen LogP contribution in [0.25, 0.3) is 11.3 Å². The first-order valence-corrected chi connectivity index (χ1v) is 27.0. The van der Waals surface area contributed by atoms with Crippen LogP contribution in [0.5, 0.6) is 5.75 Å². The molecular formula is C53H90N6O13S. The van der Waals surface area contributed by atoms with Crippen LogP contribution in [0, 0.1) is 17.8 Å². The molecule has 20 heteroatoms. The fraction of sp³-hybridized carbons (Fsp3) is 0.792. The summed E-state index contributed by atoms with van der Waals surface area (Å²) in [6.07, 6.45) is -3.88. The molecule has 0 amide bonds. The summed E-state index contributed by atoms with van der Waals surface area (Å²) < 4.78 is 48.5. The number of carbonyl (C=O) groups excluding carboxylic acids is 1. The van der Waals surface area contributed by atoms with Gasteiger partial charge >= 0.3 is 5.97 Å². The third-order valence-corrected chi connectivity index (χ3v) is 16.7.